The molecule has 2 N–H and O–H groups in total. The van der Waals surface area contributed by atoms with E-state index in [2.05, 4.69) is 34.6 Å². The van der Waals surface area contributed by atoms with E-state index in [9.17, 15) is 0 Å². The lowest BCUT2D eigenvalue weighted by molar-refractivity contribution is 0.213. The number of hydrogen-bond donors (Lipinski definition) is 2. The average molecular weight is 374 g/mol. The molecule has 1 atom stereocenters. The first-order valence-corrected chi connectivity index (χ1v) is 9.33. The second-order valence-electron chi connectivity index (χ2n) is 6.12. The third-order valence-electron chi connectivity index (χ3n) is 4.22. The Morgan fingerprint density at radius 1 is 1.19 bits per heavy atom. The summed E-state index contributed by atoms with van der Waals surface area (Å²) in [5, 5.41) is 10.7. The van der Waals surface area contributed by atoms with Crippen LogP contribution < -0.4 is 20.1 Å². The maximum Gasteiger partial charge on any atom is 0.191 e. The fraction of sp³-hybridized carbons (Fsp3) is 0.500. The minimum absolute atomic E-state index is 0.0622. The van der Waals surface area contributed by atoms with Crippen LogP contribution in [0.2, 0.25) is 0 Å². The van der Waals surface area contributed by atoms with Crippen molar-refractivity contribution >= 4 is 5.96 Å². The Kier molecular flexibility index (Phi) is 7.98. The Morgan fingerprint density at radius 2 is 1.93 bits per heavy atom. The Morgan fingerprint density at radius 3 is 2.56 bits per heavy atom. The summed E-state index contributed by atoms with van der Waals surface area (Å²) in [5.74, 6) is 3.07. The first-order chi connectivity index (χ1) is 13.1. The Hall–Kier alpha value is -2.70. The van der Waals surface area contributed by atoms with Gasteiger partial charge in [-0.2, -0.15) is 0 Å². The summed E-state index contributed by atoms with van der Waals surface area (Å²) in [4.78, 5) is 4.27. The quantitative estimate of drug-likeness (QED) is 0.519. The molecule has 1 aromatic carbocycles. The van der Waals surface area contributed by atoms with Crippen molar-refractivity contribution in [1.29, 1.82) is 0 Å². The van der Waals surface area contributed by atoms with Gasteiger partial charge in [0.25, 0.3) is 0 Å². The van der Waals surface area contributed by atoms with E-state index in [1.165, 1.54) is 0 Å². The monoisotopic (exact) mass is 374 g/mol. The molecule has 1 unspecified atom stereocenters. The Balaban J connectivity index is 1.87. The summed E-state index contributed by atoms with van der Waals surface area (Å²) >= 11 is 0. The fourth-order valence-corrected chi connectivity index (χ4v) is 2.75. The summed E-state index contributed by atoms with van der Waals surface area (Å²) in [5.41, 5.74) is 2.10. The van der Waals surface area contributed by atoms with Crippen LogP contribution in [0.5, 0.6) is 11.5 Å². The molecule has 0 aliphatic carbocycles. The molecule has 7 nitrogen and oxygen atoms in total. The van der Waals surface area contributed by atoms with E-state index in [1.54, 1.807) is 14.2 Å². The number of aliphatic imine (C=N–C) groups is 1. The zero-order chi connectivity index (χ0) is 19.6. The zero-order valence-corrected chi connectivity index (χ0v) is 16.8. The molecule has 7 heteroatoms. The summed E-state index contributed by atoms with van der Waals surface area (Å²) < 4.78 is 16.7. The molecule has 2 aromatic rings. The summed E-state index contributed by atoms with van der Waals surface area (Å²) in [7, 11) is 3.38. The number of methoxy groups -OCH3 is 1. The first kappa shape index (κ1) is 20.6. The van der Waals surface area contributed by atoms with Crippen LogP contribution in [0.3, 0.4) is 0 Å². The predicted octanol–water partition coefficient (Wildman–Crippen LogP) is 2.94. The Labute approximate surface area is 161 Å². The highest BCUT2D eigenvalue weighted by atomic mass is 16.5. The van der Waals surface area contributed by atoms with Gasteiger partial charge in [-0.05, 0) is 25.5 Å². The highest BCUT2D eigenvalue weighted by Gasteiger charge is 2.14. The molecule has 0 fully saturated rings. The number of benzene rings is 1. The maximum absolute atomic E-state index is 5.96. The van der Waals surface area contributed by atoms with Gasteiger partial charge in [-0.25, -0.2) is 0 Å². The van der Waals surface area contributed by atoms with Crippen LogP contribution >= 0.6 is 0 Å². The van der Waals surface area contributed by atoms with Crippen molar-refractivity contribution in [1.82, 2.24) is 15.8 Å². The number of ether oxygens (including phenoxy) is 2. The summed E-state index contributed by atoms with van der Waals surface area (Å²) in [6.07, 6.45) is 1.60. The lowest BCUT2D eigenvalue weighted by Gasteiger charge is -2.19. The molecule has 0 aliphatic heterocycles. The van der Waals surface area contributed by atoms with Crippen molar-refractivity contribution in [3.05, 3.63) is 41.3 Å². The van der Waals surface area contributed by atoms with Gasteiger partial charge in [-0.3, -0.25) is 4.99 Å². The third-order valence-corrected chi connectivity index (χ3v) is 4.22. The molecule has 0 saturated heterocycles. The largest absolute Gasteiger partial charge is 0.493 e. The summed E-state index contributed by atoms with van der Waals surface area (Å²) in [6, 6.07) is 7.62. The second kappa shape index (κ2) is 10.4. The molecule has 0 saturated carbocycles. The van der Waals surface area contributed by atoms with E-state index in [-0.39, 0.29) is 6.10 Å². The van der Waals surface area contributed by atoms with Gasteiger partial charge in [0.05, 0.1) is 19.3 Å². The van der Waals surface area contributed by atoms with Crippen molar-refractivity contribution in [2.24, 2.45) is 4.99 Å². The van der Waals surface area contributed by atoms with Crippen molar-refractivity contribution in [2.75, 3.05) is 20.7 Å². The van der Waals surface area contributed by atoms with E-state index in [1.807, 2.05) is 31.2 Å². The molecule has 2 rings (SSSR count). The number of rotatable bonds is 9. The third kappa shape index (κ3) is 5.64. The summed E-state index contributed by atoms with van der Waals surface area (Å²) in [6.45, 7) is 7.36. The molecule has 0 aliphatic rings. The SMILES string of the molecule is CCc1noc(CC)c1CNC(=NC)NCC(C)Oc1ccccc1OC. The number of nitrogens with zero attached hydrogens (tertiary/aromatic N) is 2. The standard InChI is InChI=1S/C20H30N4O3/c1-6-16-15(17(7-2)27-24-16)13-23-20(21-4)22-12-14(3)26-19-11-9-8-10-18(19)25-5/h8-11,14H,6-7,12-13H2,1-5H3,(H2,21,22,23). The van der Waals surface area contributed by atoms with Crippen LogP contribution in [0, 0.1) is 0 Å². The normalized spacial score (nSPS) is 12.6. The van der Waals surface area contributed by atoms with Gasteiger partial charge in [0.2, 0.25) is 0 Å². The van der Waals surface area contributed by atoms with Gasteiger partial charge >= 0.3 is 0 Å². The minimum Gasteiger partial charge on any atom is -0.493 e. The van der Waals surface area contributed by atoms with Gasteiger partial charge < -0.3 is 24.6 Å². The minimum atomic E-state index is -0.0622. The first-order valence-electron chi connectivity index (χ1n) is 9.33. The highest BCUT2D eigenvalue weighted by molar-refractivity contribution is 5.79. The molecule has 0 radical (unpaired) electrons. The van der Waals surface area contributed by atoms with Crippen LogP contribution in [0.1, 0.15) is 37.8 Å². The van der Waals surface area contributed by atoms with Gasteiger partial charge in [0, 0.05) is 25.6 Å². The van der Waals surface area contributed by atoms with E-state index < -0.39 is 0 Å². The maximum atomic E-state index is 5.96. The number of nitrogens with one attached hydrogen (secondary N) is 2. The van der Waals surface area contributed by atoms with E-state index in [0.717, 1.165) is 41.4 Å². The zero-order valence-electron chi connectivity index (χ0n) is 16.8. The molecule has 148 valence electrons. The number of aryl methyl sites for hydroxylation is 2. The number of aromatic nitrogens is 1. The Bertz CT molecular complexity index is 721. The van der Waals surface area contributed by atoms with Gasteiger partial charge in [0.1, 0.15) is 11.9 Å². The highest BCUT2D eigenvalue weighted by Crippen LogP contribution is 2.26. The van der Waals surface area contributed by atoms with Crippen LogP contribution in [0.4, 0.5) is 0 Å². The van der Waals surface area contributed by atoms with Gasteiger partial charge in [-0.15, -0.1) is 0 Å². The lowest BCUT2D eigenvalue weighted by Crippen LogP contribution is -2.41. The van der Waals surface area contributed by atoms with Gasteiger partial charge in [-0.1, -0.05) is 31.1 Å². The molecule has 0 amide bonds. The fourth-order valence-electron chi connectivity index (χ4n) is 2.75. The number of hydrogen-bond acceptors (Lipinski definition) is 5. The second-order valence-corrected chi connectivity index (χ2v) is 6.12. The molecular formula is C20H30N4O3. The van der Waals surface area contributed by atoms with Gasteiger partial charge in [0.15, 0.2) is 17.5 Å². The molecule has 27 heavy (non-hydrogen) atoms. The number of guanidine groups is 1. The molecule has 1 aromatic heterocycles. The molecule has 1 heterocycles. The molecule has 0 spiro atoms. The topological polar surface area (TPSA) is 80.9 Å². The van der Waals surface area contributed by atoms with Crippen LogP contribution in [-0.2, 0) is 19.4 Å². The van der Waals surface area contributed by atoms with E-state index in [4.69, 9.17) is 14.0 Å². The van der Waals surface area contributed by atoms with Crippen LogP contribution in [-0.4, -0.2) is 37.9 Å². The van der Waals surface area contributed by atoms with Crippen LogP contribution in [0.15, 0.2) is 33.8 Å². The molecule has 0 bridgehead atoms. The van der Waals surface area contributed by atoms with E-state index in [0.29, 0.717) is 19.0 Å². The lowest BCUT2D eigenvalue weighted by atomic mass is 10.1. The van der Waals surface area contributed by atoms with Crippen molar-refractivity contribution in [3.8, 4) is 11.5 Å². The van der Waals surface area contributed by atoms with Crippen molar-refractivity contribution < 1.29 is 14.0 Å². The van der Waals surface area contributed by atoms with Crippen molar-refractivity contribution in [3.63, 3.8) is 0 Å². The van der Waals surface area contributed by atoms with Crippen LogP contribution in [0.25, 0.3) is 0 Å². The smallest absolute Gasteiger partial charge is 0.191 e. The number of para-hydroxylation sites is 2. The van der Waals surface area contributed by atoms with Crippen molar-refractivity contribution in [2.45, 2.75) is 46.3 Å². The average Bonchev–Trinajstić information content (AvgIpc) is 3.10. The molecular weight excluding hydrogens is 344 g/mol. The van der Waals surface area contributed by atoms with E-state index >= 15 is 0 Å². The predicted molar refractivity (Wildman–Crippen MR) is 107 cm³/mol.